The average molecular weight is 255 g/mol. The van der Waals surface area contributed by atoms with Gasteiger partial charge in [0.05, 0.1) is 6.54 Å². The van der Waals surface area contributed by atoms with Gasteiger partial charge in [0, 0.05) is 10.8 Å². The number of isocyanates is 1. The van der Waals surface area contributed by atoms with Gasteiger partial charge in [-0.3, -0.25) is 0 Å². The van der Waals surface area contributed by atoms with E-state index in [2.05, 4.69) is 40.7 Å². The first kappa shape index (κ1) is 11.4. The molecule has 90 valence electrons. The van der Waals surface area contributed by atoms with E-state index in [1.165, 1.54) is 21.6 Å². The molecule has 3 heteroatoms. The van der Waals surface area contributed by atoms with E-state index in [1.54, 1.807) is 17.4 Å². The molecule has 0 radical (unpaired) electrons. The Hall–Kier alpha value is -1.70. The lowest BCUT2D eigenvalue weighted by atomic mass is 9.90. The third kappa shape index (κ3) is 1.92. The third-order valence-corrected chi connectivity index (χ3v) is 4.54. The van der Waals surface area contributed by atoms with Crippen LogP contribution in [0.2, 0.25) is 0 Å². The van der Waals surface area contributed by atoms with E-state index in [0.29, 0.717) is 6.54 Å². The van der Waals surface area contributed by atoms with Crippen LogP contribution in [-0.4, -0.2) is 12.6 Å². The Kier molecular flexibility index (Phi) is 3.09. The molecule has 0 aliphatic heterocycles. The maximum atomic E-state index is 10.4. The summed E-state index contributed by atoms with van der Waals surface area (Å²) in [7, 11) is 0. The minimum atomic E-state index is 0.214. The van der Waals surface area contributed by atoms with E-state index in [1.807, 2.05) is 0 Å². The molecule has 2 aromatic rings. The van der Waals surface area contributed by atoms with Gasteiger partial charge in [-0.25, -0.2) is 9.79 Å². The molecule has 1 aromatic heterocycles. The number of aliphatic imine (C=N–C) groups is 1. The summed E-state index contributed by atoms with van der Waals surface area (Å²) in [5.41, 5.74) is 4.03. The Labute approximate surface area is 110 Å². The highest BCUT2D eigenvalue weighted by Gasteiger charge is 2.23. The number of rotatable bonds is 2. The van der Waals surface area contributed by atoms with Gasteiger partial charge in [-0.1, -0.05) is 24.3 Å². The van der Waals surface area contributed by atoms with E-state index >= 15 is 0 Å². The minimum absolute atomic E-state index is 0.214. The van der Waals surface area contributed by atoms with Gasteiger partial charge in [-0.05, 0) is 41.0 Å². The summed E-state index contributed by atoms with van der Waals surface area (Å²) in [5.74, 6) is 0.214. The van der Waals surface area contributed by atoms with Crippen molar-refractivity contribution in [1.29, 1.82) is 0 Å². The van der Waals surface area contributed by atoms with Crippen LogP contribution >= 0.6 is 11.3 Å². The van der Waals surface area contributed by atoms with Gasteiger partial charge in [0.25, 0.3) is 0 Å². The second kappa shape index (κ2) is 4.89. The largest absolute Gasteiger partial charge is 0.234 e. The first-order chi connectivity index (χ1) is 8.90. The van der Waals surface area contributed by atoms with Crippen LogP contribution < -0.4 is 0 Å². The summed E-state index contributed by atoms with van der Waals surface area (Å²) < 4.78 is 0. The molecule has 0 fully saturated rings. The van der Waals surface area contributed by atoms with Crippen molar-refractivity contribution in [2.45, 2.75) is 18.8 Å². The molecule has 0 N–H and O–H groups in total. The van der Waals surface area contributed by atoms with Crippen LogP contribution in [0.3, 0.4) is 0 Å². The Balaban J connectivity index is 2.13. The number of aryl methyl sites for hydroxylation is 2. The highest BCUT2D eigenvalue weighted by Crippen LogP contribution is 2.36. The zero-order valence-electron chi connectivity index (χ0n) is 9.93. The number of nitrogens with zero attached hydrogens (tertiary/aromatic N) is 1. The summed E-state index contributed by atoms with van der Waals surface area (Å²) in [6.45, 7) is 0.504. The van der Waals surface area contributed by atoms with Crippen molar-refractivity contribution >= 4 is 17.4 Å². The maximum absolute atomic E-state index is 10.4. The SMILES string of the molecule is O=C=NCC1c2ccccc2CCc2sccc21. The fourth-order valence-corrected chi connectivity index (χ4v) is 3.65. The first-order valence-corrected chi connectivity index (χ1v) is 6.96. The van der Waals surface area contributed by atoms with Gasteiger partial charge < -0.3 is 0 Å². The van der Waals surface area contributed by atoms with E-state index in [0.717, 1.165) is 12.8 Å². The van der Waals surface area contributed by atoms with Crippen molar-refractivity contribution in [3.05, 3.63) is 57.3 Å². The van der Waals surface area contributed by atoms with Crippen molar-refractivity contribution in [3.63, 3.8) is 0 Å². The molecule has 0 amide bonds. The molecular weight excluding hydrogens is 242 g/mol. The summed E-state index contributed by atoms with van der Waals surface area (Å²) >= 11 is 1.81. The number of benzene rings is 1. The van der Waals surface area contributed by atoms with E-state index in [9.17, 15) is 4.79 Å². The van der Waals surface area contributed by atoms with E-state index in [-0.39, 0.29) is 5.92 Å². The minimum Gasteiger partial charge on any atom is -0.211 e. The molecule has 1 atom stereocenters. The molecule has 0 spiro atoms. The third-order valence-electron chi connectivity index (χ3n) is 3.55. The van der Waals surface area contributed by atoms with Crippen LogP contribution in [-0.2, 0) is 17.6 Å². The van der Waals surface area contributed by atoms with Gasteiger partial charge in [0.1, 0.15) is 0 Å². The Morgan fingerprint density at radius 2 is 2.11 bits per heavy atom. The number of thiophene rings is 1. The highest BCUT2D eigenvalue weighted by atomic mass is 32.1. The van der Waals surface area contributed by atoms with Crippen LogP contribution in [0.4, 0.5) is 0 Å². The van der Waals surface area contributed by atoms with Gasteiger partial charge in [0.15, 0.2) is 0 Å². The number of carbonyl (C=O) groups excluding carboxylic acids is 1. The van der Waals surface area contributed by atoms with Gasteiger partial charge in [0.2, 0.25) is 6.08 Å². The van der Waals surface area contributed by atoms with Crippen molar-refractivity contribution < 1.29 is 4.79 Å². The average Bonchev–Trinajstić information content (AvgIpc) is 2.81. The summed E-state index contributed by atoms with van der Waals surface area (Å²) in [5, 5.41) is 2.14. The molecule has 1 unspecified atom stereocenters. The molecule has 0 saturated carbocycles. The van der Waals surface area contributed by atoms with Crippen molar-refractivity contribution in [2.24, 2.45) is 4.99 Å². The molecule has 1 aromatic carbocycles. The Morgan fingerprint density at radius 1 is 1.22 bits per heavy atom. The molecule has 1 aliphatic rings. The fourth-order valence-electron chi connectivity index (χ4n) is 2.71. The zero-order valence-corrected chi connectivity index (χ0v) is 10.7. The van der Waals surface area contributed by atoms with Crippen LogP contribution in [0.1, 0.15) is 27.5 Å². The molecule has 3 rings (SSSR count). The monoisotopic (exact) mass is 255 g/mol. The highest BCUT2D eigenvalue weighted by molar-refractivity contribution is 7.10. The standard InChI is InChI=1S/C15H13NOS/c17-10-16-9-14-12-4-2-1-3-11(12)5-6-15-13(14)7-8-18-15/h1-4,7-8,14H,5-6,9H2. The summed E-state index contributed by atoms with van der Waals surface area (Å²) in [6.07, 6.45) is 3.83. The van der Waals surface area contributed by atoms with Crippen molar-refractivity contribution in [2.75, 3.05) is 6.54 Å². The smallest absolute Gasteiger partial charge is 0.211 e. The van der Waals surface area contributed by atoms with Gasteiger partial charge in [-0.15, -0.1) is 11.3 Å². The maximum Gasteiger partial charge on any atom is 0.234 e. The molecule has 18 heavy (non-hydrogen) atoms. The lowest BCUT2D eigenvalue weighted by molar-refractivity contribution is 0.562. The van der Waals surface area contributed by atoms with E-state index in [4.69, 9.17) is 0 Å². The molecule has 1 heterocycles. The summed E-state index contributed by atoms with van der Waals surface area (Å²) in [4.78, 5) is 15.6. The number of fused-ring (bicyclic) bond motifs is 2. The van der Waals surface area contributed by atoms with Gasteiger partial charge >= 0.3 is 0 Å². The lowest BCUT2D eigenvalue weighted by Crippen LogP contribution is -2.06. The summed E-state index contributed by atoms with van der Waals surface area (Å²) in [6, 6.07) is 10.7. The second-order valence-corrected chi connectivity index (χ2v) is 5.48. The predicted octanol–water partition coefficient (Wildman–Crippen LogP) is 3.31. The quantitative estimate of drug-likeness (QED) is 0.598. The number of hydrogen-bond acceptors (Lipinski definition) is 3. The first-order valence-electron chi connectivity index (χ1n) is 6.08. The Morgan fingerprint density at radius 3 is 3.00 bits per heavy atom. The predicted molar refractivity (Wildman–Crippen MR) is 73.0 cm³/mol. The molecule has 0 saturated heterocycles. The van der Waals surface area contributed by atoms with Gasteiger partial charge in [-0.2, -0.15) is 0 Å². The van der Waals surface area contributed by atoms with Crippen LogP contribution in [0.5, 0.6) is 0 Å². The topological polar surface area (TPSA) is 29.4 Å². The molecular formula is C15H13NOS. The normalized spacial score (nSPS) is 17.2. The molecule has 1 aliphatic carbocycles. The van der Waals surface area contributed by atoms with Crippen molar-refractivity contribution in [1.82, 2.24) is 0 Å². The zero-order chi connectivity index (χ0) is 12.4. The van der Waals surface area contributed by atoms with Crippen LogP contribution in [0, 0.1) is 0 Å². The molecule has 0 bridgehead atoms. The second-order valence-electron chi connectivity index (χ2n) is 4.48. The Bertz CT molecular complexity index is 610. The van der Waals surface area contributed by atoms with Crippen LogP contribution in [0.25, 0.3) is 0 Å². The van der Waals surface area contributed by atoms with Crippen molar-refractivity contribution in [3.8, 4) is 0 Å². The number of hydrogen-bond donors (Lipinski definition) is 0. The molecule has 2 nitrogen and oxygen atoms in total. The fraction of sp³-hybridized carbons (Fsp3) is 0.267. The van der Waals surface area contributed by atoms with Crippen LogP contribution in [0.15, 0.2) is 40.7 Å². The lowest BCUT2D eigenvalue weighted by Gasteiger charge is -2.15. The van der Waals surface area contributed by atoms with E-state index < -0.39 is 0 Å².